The van der Waals surface area contributed by atoms with E-state index in [-0.39, 0.29) is 11.8 Å². The number of nitrogens with one attached hydrogen (secondary N) is 2. The van der Waals surface area contributed by atoms with Crippen molar-refractivity contribution >= 4 is 17.5 Å². The Morgan fingerprint density at radius 1 is 1.19 bits per heavy atom. The molecule has 0 spiro atoms. The van der Waals surface area contributed by atoms with E-state index < -0.39 is 0 Å². The molecule has 0 aliphatic carbocycles. The summed E-state index contributed by atoms with van der Waals surface area (Å²) >= 11 is 0. The molecule has 0 saturated carbocycles. The molecule has 2 N–H and O–H groups in total. The van der Waals surface area contributed by atoms with E-state index in [9.17, 15) is 9.59 Å². The molecule has 0 bridgehead atoms. The number of carbonyl (C=O) groups excluding carboxylic acids is 2. The van der Waals surface area contributed by atoms with Gasteiger partial charge in [-0.25, -0.2) is 4.98 Å². The number of carbonyl (C=O) groups is 2. The number of hydrogen-bond acceptors (Lipinski definition) is 4. The standard InChI is InChI=1S/C19H24N4O3/c1-13-6-8-14(9-7-13)21-18(24)16-15-5-3-4-11-23(15)17(22-16)19(25)20-10-12-26-2/h6-9H,3-5,10-12H2,1-2H3,(H,20,25)(H,21,24). The predicted octanol–water partition coefficient (Wildman–Crippen LogP) is 2.16. The number of imidazole rings is 1. The first-order valence-corrected chi connectivity index (χ1v) is 8.84. The molecule has 2 aromatic rings. The maximum absolute atomic E-state index is 12.7. The molecule has 1 aromatic carbocycles. The van der Waals surface area contributed by atoms with Crippen LogP contribution < -0.4 is 10.6 Å². The number of nitrogens with zero attached hydrogens (tertiary/aromatic N) is 2. The number of amides is 2. The Labute approximate surface area is 152 Å². The van der Waals surface area contributed by atoms with E-state index in [1.807, 2.05) is 35.8 Å². The Hall–Kier alpha value is -2.67. The summed E-state index contributed by atoms with van der Waals surface area (Å²) in [6, 6.07) is 7.59. The van der Waals surface area contributed by atoms with E-state index in [1.54, 1.807) is 7.11 Å². The van der Waals surface area contributed by atoms with E-state index in [0.29, 0.717) is 36.9 Å². The van der Waals surface area contributed by atoms with Gasteiger partial charge in [-0.3, -0.25) is 9.59 Å². The minimum absolute atomic E-state index is 0.278. The van der Waals surface area contributed by atoms with E-state index in [2.05, 4.69) is 15.6 Å². The average Bonchev–Trinajstić information content (AvgIpc) is 3.04. The summed E-state index contributed by atoms with van der Waals surface area (Å²) in [5.41, 5.74) is 3.00. The smallest absolute Gasteiger partial charge is 0.287 e. The van der Waals surface area contributed by atoms with Gasteiger partial charge in [-0.2, -0.15) is 0 Å². The van der Waals surface area contributed by atoms with Gasteiger partial charge in [0.25, 0.3) is 11.8 Å². The third-order valence-electron chi connectivity index (χ3n) is 4.44. The first-order chi connectivity index (χ1) is 12.6. The van der Waals surface area contributed by atoms with Crippen molar-refractivity contribution in [3.05, 3.63) is 47.0 Å². The van der Waals surface area contributed by atoms with Crippen molar-refractivity contribution in [2.75, 3.05) is 25.6 Å². The molecule has 0 saturated heterocycles. The summed E-state index contributed by atoms with van der Waals surface area (Å²) in [6.45, 7) is 3.53. The van der Waals surface area contributed by atoms with Gasteiger partial charge in [0.05, 0.1) is 12.3 Å². The number of aryl methyl sites for hydroxylation is 1. The molecule has 0 atom stereocenters. The van der Waals surface area contributed by atoms with Crippen LogP contribution in [0.1, 0.15) is 45.2 Å². The van der Waals surface area contributed by atoms with Crippen LogP contribution in [0.5, 0.6) is 0 Å². The van der Waals surface area contributed by atoms with Crippen LogP contribution in [0.3, 0.4) is 0 Å². The lowest BCUT2D eigenvalue weighted by molar-refractivity contribution is 0.0921. The number of hydrogen-bond donors (Lipinski definition) is 2. The number of rotatable bonds is 6. The first kappa shape index (κ1) is 18.1. The Morgan fingerprint density at radius 3 is 2.69 bits per heavy atom. The van der Waals surface area contributed by atoms with Gasteiger partial charge in [0.2, 0.25) is 0 Å². The highest BCUT2D eigenvalue weighted by atomic mass is 16.5. The van der Waals surface area contributed by atoms with Crippen molar-refractivity contribution in [3.63, 3.8) is 0 Å². The van der Waals surface area contributed by atoms with Crippen LogP contribution in [-0.2, 0) is 17.7 Å². The van der Waals surface area contributed by atoms with E-state index in [1.165, 1.54) is 0 Å². The van der Waals surface area contributed by atoms with Gasteiger partial charge in [0.1, 0.15) is 0 Å². The fourth-order valence-corrected chi connectivity index (χ4v) is 3.07. The van der Waals surface area contributed by atoms with Crippen LogP contribution in [0.15, 0.2) is 24.3 Å². The number of fused-ring (bicyclic) bond motifs is 1. The number of ether oxygens (including phenoxy) is 1. The molecule has 138 valence electrons. The van der Waals surface area contributed by atoms with Crippen LogP contribution in [0.25, 0.3) is 0 Å². The van der Waals surface area contributed by atoms with Crippen molar-refractivity contribution in [3.8, 4) is 0 Å². The third kappa shape index (κ3) is 3.94. The van der Waals surface area contributed by atoms with Crippen molar-refractivity contribution in [1.29, 1.82) is 0 Å². The summed E-state index contributed by atoms with van der Waals surface area (Å²) in [6.07, 6.45) is 2.71. The molecule has 3 rings (SSSR count). The lowest BCUT2D eigenvalue weighted by Gasteiger charge is -2.17. The number of methoxy groups -OCH3 is 1. The monoisotopic (exact) mass is 356 g/mol. The molecule has 2 heterocycles. The van der Waals surface area contributed by atoms with Crippen LogP contribution in [0, 0.1) is 6.92 Å². The molecule has 7 heteroatoms. The molecule has 7 nitrogen and oxygen atoms in total. The fraction of sp³-hybridized carbons (Fsp3) is 0.421. The SMILES string of the molecule is COCCNC(=O)c1nc(C(=O)Nc2ccc(C)cc2)c2n1CCCC2. The third-order valence-corrected chi connectivity index (χ3v) is 4.44. The van der Waals surface area contributed by atoms with E-state index in [0.717, 1.165) is 30.5 Å². The van der Waals surface area contributed by atoms with Crippen molar-refractivity contribution in [1.82, 2.24) is 14.9 Å². The van der Waals surface area contributed by atoms with Gasteiger partial charge in [0, 0.05) is 25.9 Å². The lowest BCUT2D eigenvalue weighted by Crippen LogP contribution is -2.30. The van der Waals surface area contributed by atoms with Gasteiger partial charge in [-0.05, 0) is 38.3 Å². The Morgan fingerprint density at radius 2 is 1.96 bits per heavy atom. The molecule has 1 aromatic heterocycles. The van der Waals surface area contributed by atoms with Gasteiger partial charge >= 0.3 is 0 Å². The zero-order chi connectivity index (χ0) is 18.5. The van der Waals surface area contributed by atoms with Crippen molar-refractivity contribution < 1.29 is 14.3 Å². The average molecular weight is 356 g/mol. The molecule has 1 aliphatic rings. The van der Waals surface area contributed by atoms with Crippen LogP contribution >= 0.6 is 0 Å². The molecule has 2 amide bonds. The fourth-order valence-electron chi connectivity index (χ4n) is 3.07. The molecule has 0 fully saturated rings. The van der Waals surface area contributed by atoms with Crippen molar-refractivity contribution in [2.45, 2.75) is 32.7 Å². The van der Waals surface area contributed by atoms with Crippen LogP contribution in [0.2, 0.25) is 0 Å². The second-order valence-corrected chi connectivity index (χ2v) is 6.41. The molecule has 0 unspecified atom stereocenters. The van der Waals surface area contributed by atoms with E-state index in [4.69, 9.17) is 4.74 Å². The van der Waals surface area contributed by atoms with Crippen molar-refractivity contribution in [2.24, 2.45) is 0 Å². The lowest BCUT2D eigenvalue weighted by atomic mass is 10.1. The highest BCUT2D eigenvalue weighted by Gasteiger charge is 2.27. The Kier molecular flexibility index (Phi) is 5.68. The predicted molar refractivity (Wildman–Crippen MR) is 98.5 cm³/mol. The summed E-state index contributed by atoms with van der Waals surface area (Å²) in [7, 11) is 1.58. The topological polar surface area (TPSA) is 85.2 Å². The summed E-state index contributed by atoms with van der Waals surface area (Å²) < 4.78 is 6.82. The highest BCUT2D eigenvalue weighted by Crippen LogP contribution is 2.22. The van der Waals surface area contributed by atoms with E-state index >= 15 is 0 Å². The minimum atomic E-state index is -0.282. The molecule has 1 aliphatic heterocycles. The molecule has 26 heavy (non-hydrogen) atoms. The Bertz CT molecular complexity index is 796. The van der Waals surface area contributed by atoms with Crippen LogP contribution in [0.4, 0.5) is 5.69 Å². The Balaban J connectivity index is 1.83. The maximum Gasteiger partial charge on any atom is 0.287 e. The zero-order valence-corrected chi connectivity index (χ0v) is 15.2. The van der Waals surface area contributed by atoms with Gasteiger partial charge in [0.15, 0.2) is 11.5 Å². The largest absolute Gasteiger partial charge is 0.383 e. The molecule has 0 radical (unpaired) electrons. The maximum atomic E-state index is 12.7. The van der Waals surface area contributed by atoms with Gasteiger partial charge in [-0.1, -0.05) is 17.7 Å². The summed E-state index contributed by atoms with van der Waals surface area (Å²) in [5.74, 6) is -0.264. The van der Waals surface area contributed by atoms with Crippen LogP contribution in [-0.4, -0.2) is 41.6 Å². The quantitative estimate of drug-likeness (QED) is 0.777. The van der Waals surface area contributed by atoms with Gasteiger partial charge < -0.3 is 19.9 Å². The molecular weight excluding hydrogens is 332 g/mol. The molecular formula is C19H24N4O3. The second kappa shape index (κ2) is 8.14. The first-order valence-electron chi connectivity index (χ1n) is 8.84. The highest BCUT2D eigenvalue weighted by molar-refractivity contribution is 6.05. The number of anilines is 1. The van der Waals surface area contributed by atoms with Gasteiger partial charge in [-0.15, -0.1) is 0 Å². The minimum Gasteiger partial charge on any atom is -0.383 e. The number of benzene rings is 1. The summed E-state index contributed by atoms with van der Waals surface area (Å²) in [5, 5.41) is 5.65. The summed E-state index contributed by atoms with van der Waals surface area (Å²) in [4.78, 5) is 29.6. The zero-order valence-electron chi connectivity index (χ0n) is 15.2. The normalized spacial score (nSPS) is 13.2. The number of aromatic nitrogens is 2. The second-order valence-electron chi connectivity index (χ2n) is 6.41.